The highest BCUT2D eigenvalue weighted by molar-refractivity contribution is 5.96. The molecule has 0 aliphatic carbocycles. The van der Waals surface area contributed by atoms with Crippen molar-refractivity contribution in [2.24, 2.45) is 0 Å². The van der Waals surface area contributed by atoms with Crippen LogP contribution in [0.25, 0.3) is 11.1 Å². The average molecular weight is 465 g/mol. The molecule has 2 aromatic rings. The summed E-state index contributed by atoms with van der Waals surface area (Å²) in [7, 11) is 0. The zero-order valence-corrected chi connectivity index (χ0v) is 17.0. The second-order valence-corrected chi connectivity index (χ2v) is 7.55. The third kappa shape index (κ3) is 4.52. The first-order chi connectivity index (χ1) is 15.7. The number of nitrogens with one attached hydrogen (secondary N) is 1. The van der Waals surface area contributed by atoms with Gasteiger partial charge in [0.25, 0.3) is 5.91 Å². The van der Waals surface area contributed by atoms with E-state index in [9.17, 15) is 32.7 Å². The molecule has 0 saturated carbocycles. The van der Waals surface area contributed by atoms with Gasteiger partial charge in [-0.05, 0) is 18.2 Å². The van der Waals surface area contributed by atoms with Gasteiger partial charge in [0, 0.05) is 29.8 Å². The van der Waals surface area contributed by atoms with E-state index in [4.69, 9.17) is 9.47 Å². The maximum absolute atomic E-state index is 14.5. The lowest BCUT2D eigenvalue weighted by atomic mass is 10.1. The largest absolute Gasteiger partial charge is 0.480 e. The van der Waals surface area contributed by atoms with Crippen molar-refractivity contribution >= 4 is 17.8 Å². The zero-order valence-electron chi connectivity index (χ0n) is 17.0. The summed E-state index contributed by atoms with van der Waals surface area (Å²) in [5.74, 6) is -7.00. The van der Waals surface area contributed by atoms with E-state index in [-0.39, 0.29) is 37.3 Å². The summed E-state index contributed by atoms with van der Waals surface area (Å²) < 4.78 is 52.4. The lowest BCUT2D eigenvalue weighted by Crippen LogP contribution is -2.46. The summed E-state index contributed by atoms with van der Waals surface area (Å²) in [6.45, 7) is -0.195. The molecule has 2 N–H and O–H groups in total. The molecule has 1 atom stereocenters. The molecule has 3 heterocycles. The Balaban J connectivity index is 1.43. The number of pyridine rings is 1. The number of aliphatic carboxylic acids is 1. The van der Waals surface area contributed by atoms with Crippen molar-refractivity contribution in [3.8, 4) is 11.1 Å². The number of amides is 2. The number of carbonyl (C=O) groups is 3. The SMILES string of the molecule is O=C(NCC(=O)N1CC2(CC1C(=O)O)OCCO2)c1ncc(-c2ccc(F)cc2F)cc1F. The van der Waals surface area contributed by atoms with Crippen LogP contribution in [0.15, 0.2) is 30.5 Å². The quantitative estimate of drug-likeness (QED) is 0.684. The van der Waals surface area contributed by atoms with Crippen molar-refractivity contribution in [1.29, 1.82) is 0 Å². The Morgan fingerprint density at radius 2 is 1.88 bits per heavy atom. The topological polar surface area (TPSA) is 118 Å². The van der Waals surface area contributed by atoms with Crippen LogP contribution in [-0.4, -0.2) is 70.9 Å². The van der Waals surface area contributed by atoms with Crippen LogP contribution in [0.4, 0.5) is 13.2 Å². The van der Waals surface area contributed by atoms with Gasteiger partial charge in [-0.2, -0.15) is 0 Å². The fraction of sp³-hybridized carbons (Fsp3) is 0.333. The molecule has 12 heteroatoms. The van der Waals surface area contributed by atoms with Crippen LogP contribution in [-0.2, 0) is 19.1 Å². The molecule has 1 unspecified atom stereocenters. The first kappa shape index (κ1) is 22.7. The highest BCUT2D eigenvalue weighted by atomic mass is 19.1. The Kier molecular flexibility index (Phi) is 6.04. The summed E-state index contributed by atoms with van der Waals surface area (Å²) in [5.41, 5.74) is -0.769. The smallest absolute Gasteiger partial charge is 0.326 e. The van der Waals surface area contributed by atoms with Crippen molar-refractivity contribution in [1.82, 2.24) is 15.2 Å². The van der Waals surface area contributed by atoms with Crippen molar-refractivity contribution in [2.75, 3.05) is 26.3 Å². The summed E-state index contributed by atoms with van der Waals surface area (Å²) >= 11 is 0. The van der Waals surface area contributed by atoms with Crippen molar-refractivity contribution < 1.29 is 42.1 Å². The molecule has 4 rings (SSSR count). The molecule has 0 radical (unpaired) electrons. The van der Waals surface area contributed by atoms with Gasteiger partial charge in [0.15, 0.2) is 17.3 Å². The van der Waals surface area contributed by atoms with E-state index >= 15 is 0 Å². The number of carboxylic acids is 1. The Bertz CT molecular complexity index is 1120. The van der Waals surface area contributed by atoms with Crippen LogP contribution >= 0.6 is 0 Å². The summed E-state index contributed by atoms with van der Waals surface area (Å²) in [6, 6.07) is 2.40. The molecule has 1 aromatic carbocycles. The van der Waals surface area contributed by atoms with E-state index in [1.807, 2.05) is 0 Å². The van der Waals surface area contributed by atoms with Gasteiger partial charge in [-0.15, -0.1) is 0 Å². The predicted molar refractivity (Wildman–Crippen MR) is 104 cm³/mol. The zero-order chi connectivity index (χ0) is 23.8. The number of benzene rings is 1. The Morgan fingerprint density at radius 1 is 1.15 bits per heavy atom. The summed E-state index contributed by atoms with van der Waals surface area (Å²) in [6.07, 6.45) is 0.981. The number of likely N-dealkylation sites (tertiary alicyclic amines) is 1. The Hall–Kier alpha value is -3.51. The fourth-order valence-corrected chi connectivity index (χ4v) is 3.84. The van der Waals surface area contributed by atoms with Gasteiger partial charge >= 0.3 is 5.97 Å². The van der Waals surface area contributed by atoms with Gasteiger partial charge in [-0.25, -0.2) is 22.9 Å². The lowest BCUT2D eigenvalue weighted by molar-refractivity contribution is -0.152. The molecule has 0 bridgehead atoms. The number of ether oxygens (including phenoxy) is 2. The number of halogens is 3. The first-order valence-electron chi connectivity index (χ1n) is 9.88. The minimum Gasteiger partial charge on any atom is -0.480 e. The highest BCUT2D eigenvalue weighted by Gasteiger charge is 2.52. The lowest BCUT2D eigenvalue weighted by Gasteiger charge is -2.23. The number of nitrogens with zero attached hydrogens (tertiary/aromatic N) is 2. The molecule has 33 heavy (non-hydrogen) atoms. The minimum atomic E-state index is -1.25. The normalized spacial score (nSPS) is 19.1. The summed E-state index contributed by atoms with van der Waals surface area (Å²) in [5, 5.41) is 11.6. The second kappa shape index (κ2) is 8.79. The van der Waals surface area contributed by atoms with Crippen LogP contribution in [0.3, 0.4) is 0 Å². The summed E-state index contributed by atoms with van der Waals surface area (Å²) in [4.78, 5) is 41.2. The van der Waals surface area contributed by atoms with E-state index in [1.54, 1.807) is 0 Å². The van der Waals surface area contributed by atoms with E-state index in [0.717, 1.165) is 29.3 Å². The highest BCUT2D eigenvalue weighted by Crippen LogP contribution is 2.34. The minimum absolute atomic E-state index is 0.0131. The molecule has 1 spiro atoms. The van der Waals surface area contributed by atoms with E-state index < -0.39 is 59.3 Å². The van der Waals surface area contributed by atoms with Gasteiger partial charge in [0.05, 0.1) is 26.3 Å². The average Bonchev–Trinajstić information content (AvgIpc) is 3.39. The molecule has 2 saturated heterocycles. The van der Waals surface area contributed by atoms with E-state index in [0.29, 0.717) is 6.07 Å². The predicted octanol–water partition coefficient (Wildman–Crippen LogP) is 1.32. The van der Waals surface area contributed by atoms with Crippen molar-refractivity contribution in [3.05, 3.63) is 53.6 Å². The molecule has 2 aliphatic heterocycles. The van der Waals surface area contributed by atoms with Gasteiger partial charge in [0.1, 0.15) is 17.7 Å². The number of hydrogen-bond donors (Lipinski definition) is 2. The third-order valence-electron chi connectivity index (χ3n) is 5.41. The molecule has 174 valence electrons. The standard InChI is InChI=1S/C21H18F3N3O6/c22-12-1-2-13(14(23)6-12)11-5-15(24)18(25-8-11)19(29)26-9-17(28)27-10-21(32-3-4-33-21)7-16(27)20(30)31/h1-2,5-6,8,16H,3-4,7,9-10H2,(H,26,29)(H,30,31). The number of carbonyl (C=O) groups excluding carboxylic acids is 2. The van der Waals surface area contributed by atoms with Crippen LogP contribution in [0.1, 0.15) is 16.9 Å². The van der Waals surface area contributed by atoms with Gasteiger partial charge in [0.2, 0.25) is 5.91 Å². The van der Waals surface area contributed by atoms with Crippen LogP contribution in [0.5, 0.6) is 0 Å². The van der Waals surface area contributed by atoms with E-state index in [1.165, 1.54) is 0 Å². The molecule has 2 aliphatic rings. The molecule has 1 aromatic heterocycles. The number of rotatable bonds is 5. The Morgan fingerprint density at radius 3 is 2.52 bits per heavy atom. The molecular weight excluding hydrogens is 447 g/mol. The van der Waals surface area contributed by atoms with Crippen LogP contribution < -0.4 is 5.32 Å². The van der Waals surface area contributed by atoms with Crippen molar-refractivity contribution in [3.63, 3.8) is 0 Å². The molecule has 2 fully saturated rings. The molecule has 2 amide bonds. The maximum Gasteiger partial charge on any atom is 0.326 e. The first-order valence-corrected chi connectivity index (χ1v) is 9.88. The molecular formula is C21H18F3N3O6. The number of hydrogen-bond acceptors (Lipinski definition) is 6. The third-order valence-corrected chi connectivity index (χ3v) is 5.41. The van der Waals surface area contributed by atoms with Crippen LogP contribution in [0.2, 0.25) is 0 Å². The van der Waals surface area contributed by atoms with Crippen molar-refractivity contribution in [2.45, 2.75) is 18.2 Å². The number of aromatic nitrogens is 1. The molecule has 9 nitrogen and oxygen atoms in total. The van der Waals surface area contributed by atoms with Gasteiger partial charge in [-0.1, -0.05) is 0 Å². The maximum atomic E-state index is 14.5. The van der Waals surface area contributed by atoms with Gasteiger partial charge < -0.3 is 24.8 Å². The number of carboxylic acid groups (broad SMARTS) is 1. The fourth-order valence-electron chi connectivity index (χ4n) is 3.84. The van der Waals surface area contributed by atoms with Gasteiger partial charge in [-0.3, -0.25) is 9.59 Å². The van der Waals surface area contributed by atoms with Crippen LogP contribution in [0, 0.1) is 17.5 Å². The monoisotopic (exact) mass is 465 g/mol. The second-order valence-electron chi connectivity index (χ2n) is 7.55. The Labute approximate surface area is 185 Å². The van der Waals surface area contributed by atoms with E-state index in [2.05, 4.69) is 10.3 Å².